The predicted octanol–water partition coefficient (Wildman–Crippen LogP) is 3.59. The maximum Gasteiger partial charge on any atom is 0.193 e. The van der Waals surface area contributed by atoms with Gasteiger partial charge in [-0.1, -0.05) is 6.92 Å². The van der Waals surface area contributed by atoms with Crippen molar-refractivity contribution in [3.05, 3.63) is 54.5 Å². The molecule has 1 aliphatic heterocycles. The number of aromatic amines is 1. The van der Waals surface area contributed by atoms with Crippen LogP contribution in [0.1, 0.15) is 31.9 Å². The van der Waals surface area contributed by atoms with E-state index in [1.54, 1.807) is 12.1 Å². The lowest BCUT2D eigenvalue weighted by atomic mass is 9.93. The predicted molar refractivity (Wildman–Crippen MR) is 115 cm³/mol. The number of likely N-dealkylation sites (tertiary alicyclic amines) is 1. The van der Waals surface area contributed by atoms with Crippen molar-refractivity contribution in [3.63, 3.8) is 0 Å². The molecule has 2 unspecified atom stereocenters. The van der Waals surface area contributed by atoms with Crippen molar-refractivity contribution in [1.82, 2.24) is 24.8 Å². The molecule has 6 nitrogen and oxygen atoms in total. The molecule has 4 rings (SSSR count). The van der Waals surface area contributed by atoms with Gasteiger partial charge in [0, 0.05) is 55.7 Å². The van der Waals surface area contributed by atoms with Crippen molar-refractivity contribution in [1.29, 1.82) is 0 Å². The highest BCUT2D eigenvalue weighted by Gasteiger charge is 2.28. The Bertz CT molecular complexity index is 961. The van der Waals surface area contributed by atoms with Crippen LogP contribution in [0.5, 0.6) is 0 Å². The van der Waals surface area contributed by atoms with E-state index >= 15 is 0 Å². The van der Waals surface area contributed by atoms with Crippen molar-refractivity contribution in [2.45, 2.75) is 32.7 Å². The summed E-state index contributed by atoms with van der Waals surface area (Å²) >= 11 is 0. The molecule has 0 bridgehead atoms. The minimum Gasteiger partial charge on any atom is -0.361 e. The Labute approximate surface area is 170 Å². The van der Waals surface area contributed by atoms with Crippen LogP contribution in [-0.2, 0) is 6.42 Å². The Kier molecular flexibility index (Phi) is 5.83. The molecule has 3 heterocycles. The molecule has 154 valence electrons. The molecule has 0 spiro atoms. The second-order valence-corrected chi connectivity index (χ2v) is 7.78. The number of piperidine rings is 1. The zero-order chi connectivity index (χ0) is 20.2. The third-order valence-electron chi connectivity index (χ3n) is 5.83. The summed E-state index contributed by atoms with van der Waals surface area (Å²) in [5.41, 5.74) is 2.06. The fraction of sp³-hybridized carbons (Fsp3) is 0.455. The van der Waals surface area contributed by atoms with E-state index in [1.165, 1.54) is 6.07 Å². The number of halogens is 1. The summed E-state index contributed by atoms with van der Waals surface area (Å²) in [5.74, 6) is 1.35. The molecule has 1 aromatic carbocycles. The molecule has 1 fully saturated rings. The van der Waals surface area contributed by atoms with E-state index in [4.69, 9.17) is 4.99 Å². The average molecular weight is 397 g/mol. The highest BCUT2D eigenvalue weighted by atomic mass is 19.1. The second kappa shape index (κ2) is 8.68. The fourth-order valence-electron chi connectivity index (χ4n) is 4.16. The molecule has 29 heavy (non-hydrogen) atoms. The van der Waals surface area contributed by atoms with Gasteiger partial charge < -0.3 is 19.8 Å². The largest absolute Gasteiger partial charge is 0.361 e. The van der Waals surface area contributed by atoms with Crippen LogP contribution in [0.15, 0.2) is 48.1 Å². The number of guanidine groups is 1. The number of aromatic nitrogens is 3. The number of benzene rings is 1. The zero-order valence-corrected chi connectivity index (χ0v) is 17.1. The van der Waals surface area contributed by atoms with Crippen molar-refractivity contribution < 1.29 is 4.39 Å². The van der Waals surface area contributed by atoms with Gasteiger partial charge in [-0.15, -0.1) is 0 Å². The summed E-state index contributed by atoms with van der Waals surface area (Å²) in [6, 6.07) is 5.26. The molecule has 0 saturated carbocycles. The molecule has 1 aliphatic rings. The molecule has 2 aromatic heterocycles. The molecule has 2 N–H and O–H groups in total. The van der Waals surface area contributed by atoms with Crippen molar-refractivity contribution in [2.24, 2.45) is 10.9 Å². The first-order chi connectivity index (χ1) is 14.2. The van der Waals surface area contributed by atoms with Gasteiger partial charge in [-0.3, -0.25) is 4.99 Å². The topological polar surface area (TPSA) is 61.2 Å². The molecule has 0 amide bonds. The van der Waals surface area contributed by atoms with Gasteiger partial charge in [0.05, 0.1) is 12.4 Å². The van der Waals surface area contributed by atoms with Crippen LogP contribution in [-0.4, -0.2) is 51.6 Å². The standard InChI is InChI=1S/C22H29FN6/c1-3-25-22(28-10-7-16(2)21(14-28)29-11-9-24-15-29)26-8-6-17-13-27-20-5-4-18(23)12-19(17)20/h4-5,9,11-13,15-16,21,27H,3,6-8,10,14H2,1-2H3,(H,25,26). The highest BCUT2D eigenvalue weighted by Crippen LogP contribution is 2.27. The summed E-state index contributed by atoms with van der Waals surface area (Å²) in [4.78, 5) is 14.7. The lowest BCUT2D eigenvalue weighted by Gasteiger charge is -2.39. The minimum absolute atomic E-state index is 0.205. The summed E-state index contributed by atoms with van der Waals surface area (Å²) < 4.78 is 15.8. The molecule has 0 radical (unpaired) electrons. The van der Waals surface area contributed by atoms with E-state index in [0.717, 1.165) is 54.9 Å². The third kappa shape index (κ3) is 4.28. The van der Waals surface area contributed by atoms with E-state index in [-0.39, 0.29) is 5.82 Å². The lowest BCUT2D eigenvalue weighted by molar-refractivity contribution is 0.189. The molecule has 2 atom stereocenters. The first-order valence-electron chi connectivity index (χ1n) is 10.4. The molecule has 3 aromatic rings. The van der Waals surface area contributed by atoms with Crippen LogP contribution in [0, 0.1) is 11.7 Å². The molecule has 7 heteroatoms. The Morgan fingerprint density at radius 3 is 3.10 bits per heavy atom. The Morgan fingerprint density at radius 2 is 2.31 bits per heavy atom. The van der Waals surface area contributed by atoms with Gasteiger partial charge in [0.15, 0.2) is 5.96 Å². The van der Waals surface area contributed by atoms with Gasteiger partial charge in [0.25, 0.3) is 0 Å². The number of nitrogens with one attached hydrogen (secondary N) is 2. The number of nitrogens with zero attached hydrogens (tertiary/aromatic N) is 4. The third-order valence-corrected chi connectivity index (χ3v) is 5.83. The first kappa shape index (κ1) is 19.5. The summed E-state index contributed by atoms with van der Waals surface area (Å²) in [6.45, 7) is 7.81. The van der Waals surface area contributed by atoms with Crippen LogP contribution in [0.25, 0.3) is 10.9 Å². The molecular formula is C22H29FN6. The number of imidazole rings is 1. The normalized spacial score (nSPS) is 20.4. The molecular weight excluding hydrogens is 367 g/mol. The Balaban J connectivity index is 1.46. The van der Waals surface area contributed by atoms with Gasteiger partial charge in [0.1, 0.15) is 5.82 Å². The number of fused-ring (bicyclic) bond motifs is 1. The van der Waals surface area contributed by atoms with Gasteiger partial charge >= 0.3 is 0 Å². The Morgan fingerprint density at radius 1 is 1.41 bits per heavy atom. The quantitative estimate of drug-likeness (QED) is 0.512. The van der Waals surface area contributed by atoms with E-state index in [1.807, 2.05) is 24.9 Å². The minimum atomic E-state index is -0.205. The monoisotopic (exact) mass is 396 g/mol. The van der Waals surface area contributed by atoms with Crippen LogP contribution in [0.3, 0.4) is 0 Å². The van der Waals surface area contributed by atoms with Gasteiger partial charge in [-0.05, 0) is 49.4 Å². The van der Waals surface area contributed by atoms with E-state index in [0.29, 0.717) is 18.5 Å². The van der Waals surface area contributed by atoms with Crippen molar-refractivity contribution in [2.75, 3.05) is 26.2 Å². The first-order valence-corrected chi connectivity index (χ1v) is 10.4. The maximum atomic E-state index is 13.6. The number of hydrogen-bond donors (Lipinski definition) is 2. The van der Waals surface area contributed by atoms with Crippen LogP contribution in [0.4, 0.5) is 4.39 Å². The number of hydrogen-bond acceptors (Lipinski definition) is 2. The summed E-state index contributed by atoms with van der Waals surface area (Å²) in [7, 11) is 0. The molecule has 0 aliphatic carbocycles. The van der Waals surface area contributed by atoms with Crippen molar-refractivity contribution in [3.8, 4) is 0 Å². The number of aliphatic imine (C=N–C) groups is 1. The van der Waals surface area contributed by atoms with Crippen LogP contribution < -0.4 is 5.32 Å². The number of rotatable bonds is 5. The van der Waals surface area contributed by atoms with E-state index < -0.39 is 0 Å². The SMILES string of the molecule is CCNC(=NCCc1c[nH]c2ccc(F)cc12)N1CCC(C)C(n2ccnc2)C1. The van der Waals surface area contributed by atoms with Gasteiger partial charge in [-0.25, -0.2) is 9.37 Å². The van der Waals surface area contributed by atoms with Gasteiger partial charge in [-0.2, -0.15) is 0 Å². The number of H-pyrrole nitrogens is 1. The van der Waals surface area contributed by atoms with Crippen molar-refractivity contribution >= 4 is 16.9 Å². The summed E-state index contributed by atoms with van der Waals surface area (Å²) in [5, 5.41) is 4.38. The molecule has 1 saturated heterocycles. The fourth-order valence-corrected chi connectivity index (χ4v) is 4.16. The van der Waals surface area contributed by atoms with Crippen LogP contribution in [0.2, 0.25) is 0 Å². The average Bonchev–Trinajstić information content (AvgIpc) is 3.38. The highest BCUT2D eigenvalue weighted by molar-refractivity contribution is 5.83. The zero-order valence-electron chi connectivity index (χ0n) is 17.1. The second-order valence-electron chi connectivity index (χ2n) is 7.78. The van der Waals surface area contributed by atoms with Crippen LogP contribution >= 0.6 is 0 Å². The smallest absolute Gasteiger partial charge is 0.193 e. The summed E-state index contributed by atoms with van der Waals surface area (Å²) in [6.07, 6.45) is 9.65. The maximum absolute atomic E-state index is 13.6. The van der Waals surface area contributed by atoms with E-state index in [2.05, 4.69) is 38.6 Å². The Hall–Kier alpha value is -2.83. The van der Waals surface area contributed by atoms with Gasteiger partial charge in [0.2, 0.25) is 0 Å². The van der Waals surface area contributed by atoms with E-state index in [9.17, 15) is 4.39 Å². The lowest BCUT2D eigenvalue weighted by Crippen LogP contribution is -2.49.